The molecule has 1 rings (SSSR count). The van der Waals surface area contributed by atoms with Crippen LogP contribution in [0.3, 0.4) is 0 Å². The zero-order chi connectivity index (χ0) is 12.5. The maximum atomic E-state index is 11.4. The van der Waals surface area contributed by atoms with Crippen LogP contribution in [0, 0.1) is 0 Å². The van der Waals surface area contributed by atoms with Crippen LogP contribution in [-0.4, -0.2) is 23.3 Å². The highest BCUT2D eigenvalue weighted by molar-refractivity contribution is 5.96. The highest BCUT2D eigenvalue weighted by atomic mass is 16.2. The molecule has 2 amide bonds. The number of hydrogen-bond donors (Lipinski definition) is 2. The second-order valence-electron chi connectivity index (χ2n) is 3.37. The van der Waals surface area contributed by atoms with Crippen molar-refractivity contribution >= 4 is 11.8 Å². The fourth-order valence-corrected chi connectivity index (χ4v) is 1.15. The monoisotopic (exact) mass is 233 g/mol. The van der Waals surface area contributed by atoms with E-state index in [1.165, 1.54) is 0 Å². The van der Waals surface area contributed by atoms with Gasteiger partial charge in [0.1, 0.15) is 6.42 Å². The van der Waals surface area contributed by atoms with Crippen molar-refractivity contribution in [1.29, 1.82) is 0 Å². The van der Waals surface area contributed by atoms with Gasteiger partial charge in [0.05, 0.1) is 12.2 Å². The first-order chi connectivity index (χ1) is 8.22. The fraction of sp³-hybridized carbons (Fsp3) is 0.250. The maximum Gasteiger partial charge on any atom is 0.229 e. The SMILES string of the molecule is C=CCNC(=O)CC(=O)NCc1ccccn1. The van der Waals surface area contributed by atoms with E-state index in [-0.39, 0.29) is 18.2 Å². The summed E-state index contributed by atoms with van der Waals surface area (Å²) in [7, 11) is 0. The van der Waals surface area contributed by atoms with Crippen LogP contribution in [-0.2, 0) is 16.1 Å². The standard InChI is InChI=1S/C12H15N3O2/c1-2-6-14-11(16)8-12(17)15-9-10-5-3-4-7-13-10/h2-5,7H,1,6,8-9H2,(H,14,16)(H,15,17). The second-order valence-corrected chi connectivity index (χ2v) is 3.37. The van der Waals surface area contributed by atoms with E-state index < -0.39 is 0 Å². The van der Waals surface area contributed by atoms with Crippen LogP contribution in [0.15, 0.2) is 37.1 Å². The molecule has 0 aliphatic heterocycles. The van der Waals surface area contributed by atoms with Gasteiger partial charge in [-0.2, -0.15) is 0 Å². The lowest BCUT2D eigenvalue weighted by molar-refractivity contribution is -0.129. The molecule has 1 aromatic heterocycles. The highest BCUT2D eigenvalue weighted by Gasteiger charge is 2.07. The summed E-state index contributed by atoms with van der Waals surface area (Å²) < 4.78 is 0. The van der Waals surface area contributed by atoms with Crippen molar-refractivity contribution < 1.29 is 9.59 Å². The minimum absolute atomic E-state index is 0.180. The lowest BCUT2D eigenvalue weighted by atomic mass is 10.3. The van der Waals surface area contributed by atoms with Gasteiger partial charge in [0.15, 0.2) is 0 Å². The van der Waals surface area contributed by atoms with Crippen LogP contribution in [0.4, 0.5) is 0 Å². The minimum atomic E-state index is -0.322. The molecule has 0 spiro atoms. The lowest BCUT2D eigenvalue weighted by Gasteiger charge is -2.04. The average molecular weight is 233 g/mol. The first kappa shape index (κ1) is 12.9. The van der Waals surface area contributed by atoms with Gasteiger partial charge in [-0.15, -0.1) is 6.58 Å². The molecule has 0 aliphatic carbocycles. The molecule has 0 fully saturated rings. The van der Waals surface area contributed by atoms with E-state index in [2.05, 4.69) is 22.2 Å². The molecule has 5 heteroatoms. The van der Waals surface area contributed by atoms with E-state index in [1.54, 1.807) is 24.4 Å². The van der Waals surface area contributed by atoms with Crippen molar-refractivity contribution in [2.45, 2.75) is 13.0 Å². The van der Waals surface area contributed by atoms with Crippen LogP contribution >= 0.6 is 0 Å². The number of carbonyl (C=O) groups is 2. The topological polar surface area (TPSA) is 71.1 Å². The number of aromatic nitrogens is 1. The molecule has 17 heavy (non-hydrogen) atoms. The third kappa shape index (κ3) is 5.46. The van der Waals surface area contributed by atoms with Gasteiger partial charge in [0.2, 0.25) is 11.8 Å². The Bertz CT molecular complexity index is 390. The van der Waals surface area contributed by atoms with Gasteiger partial charge < -0.3 is 10.6 Å². The quantitative estimate of drug-likeness (QED) is 0.551. The largest absolute Gasteiger partial charge is 0.352 e. The number of pyridine rings is 1. The van der Waals surface area contributed by atoms with Gasteiger partial charge in [0.25, 0.3) is 0 Å². The van der Waals surface area contributed by atoms with E-state index in [1.807, 2.05) is 6.07 Å². The molecule has 0 atom stereocenters. The molecule has 90 valence electrons. The third-order valence-corrected chi connectivity index (χ3v) is 1.96. The van der Waals surface area contributed by atoms with Crippen molar-refractivity contribution in [1.82, 2.24) is 15.6 Å². The number of carbonyl (C=O) groups excluding carboxylic acids is 2. The van der Waals surface area contributed by atoms with Crippen molar-refractivity contribution in [3.05, 3.63) is 42.7 Å². The number of rotatable bonds is 6. The molecular formula is C12H15N3O2. The van der Waals surface area contributed by atoms with Crippen LogP contribution < -0.4 is 10.6 Å². The molecule has 1 heterocycles. The van der Waals surface area contributed by atoms with Crippen LogP contribution in [0.2, 0.25) is 0 Å². The highest BCUT2D eigenvalue weighted by Crippen LogP contribution is 1.92. The van der Waals surface area contributed by atoms with Gasteiger partial charge in [-0.25, -0.2) is 0 Å². The number of nitrogens with one attached hydrogen (secondary N) is 2. The Hall–Kier alpha value is -2.17. The van der Waals surface area contributed by atoms with Gasteiger partial charge in [-0.1, -0.05) is 12.1 Å². The van der Waals surface area contributed by atoms with Gasteiger partial charge >= 0.3 is 0 Å². The predicted octanol–water partition coefficient (Wildman–Crippen LogP) is 0.390. The lowest BCUT2D eigenvalue weighted by Crippen LogP contribution is -2.31. The van der Waals surface area contributed by atoms with Crippen molar-refractivity contribution in [2.24, 2.45) is 0 Å². The Kier molecular flexibility index (Phi) is 5.43. The zero-order valence-electron chi connectivity index (χ0n) is 9.48. The van der Waals surface area contributed by atoms with Crippen LogP contribution in [0.1, 0.15) is 12.1 Å². The van der Waals surface area contributed by atoms with E-state index in [4.69, 9.17) is 0 Å². The summed E-state index contributed by atoms with van der Waals surface area (Å²) in [6.07, 6.45) is 3.03. The molecule has 0 bridgehead atoms. The minimum Gasteiger partial charge on any atom is -0.352 e. The molecule has 5 nitrogen and oxygen atoms in total. The maximum absolute atomic E-state index is 11.4. The summed E-state index contributed by atoms with van der Waals surface area (Å²) in [6, 6.07) is 5.44. The van der Waals surface area contributed by atoms with Gasteiger partial charge in [-0.05, 0) is 12.1 Å². The second kappa shape index (κ2) is 7.16. The van der Waals surface area contributed by atoms with Crippen molar-refractivity contribution in [3.63, 3.8) is 0 Å². The molecule has 0 saturated carbocycles. The third-order valence-electron chi connectivity index (χ3n) is 1.96. The predicted molar refractivity (Wildman–Crippen MR) is 63.9 cm³/mol. The molecule has 2 N–H and O–H groups in total. The molecular weight excluding hydrogens is 218 g/mol. The Morgan fingerprint density at radius 3 is 2.71 bits per heavy atom. The van der Waals surface area contributed by atoms with E-state index in [0.717, 1.165) is 5.69 Å². The Morgan fingerprint density at radius 2 is 2.06 bits per heavy atom. The molecule has 0 aliphatic rings. The normalized spacial score (nSPS) is 9.41. The average Bonchev–Trinajstić information content (AvgIpc) is 2.35. The van der Waals surface area contributed by atoms with E-state index in [0.29, 0.717) is 13.1 Å². The van der Waals surface area contributed by atoms with Gasteiger partial charge in [0, 0.05) is 12.7 Å². The van der Waals surface area contributed by atoms with Crippen molar-refractivity contribution in [3.8, 4) is 0 Å². The summed E-state index contributed by atoms with van der Waals surface area (Å²) in [6.45, 7) is 4.16. The summed E-state index contributed by atoms with van der Waals surface area (Å²) in [5, 5.41) is 5.15. The smallest absolute Gasteiger partial charge is 0.229 e. The Balaban J connectivity index is 2.26. The van der Waals surface area contributed by atoms with Gasteiger partial charge in [-0.3, -0.25) is 14.6 Å². The number of nitrogens with zero attached hydrogens (tertiary/aromatic N) is 1. The molecule has 0 radical (unpaired) electrons. The number of amides is 2. The van der Waals surface area contributed by atoms with Crippen LogP contribution in [0.5, 0.6) is 0 Å². The van der Waals surface area contributed by atoms with E-state index in [9.17, 15) is 9.59 Å². The summed E-state index contributed by atoms with van der Waals surface area (Å²) in [5.74, 6) is -0.638. The molecule has 0 saturated heterocycles. The number of hydrogen-bond acceptors (Lipinski definition) is 3. The van der Waals surface area contributed by atoms with E-state index >= 15 is 0 Å². The zero-order valence-corrected chi connectivity index (χ0v) is 9.48. The summed E-state index contributed by atoms with van der Waals surface area (Å²) >= 11 is 0. The van der Waals surface area contributed by atoms with Crippen LogP contribution in [0.25, 0.3) is 0 Å². The molecule has 0 aromatic carbocycles. The Morgan fingerprint density at radius 1 is 1.29 bits per heavy atom. The molecule has 1 aromatic rings. The summed E-state index contributed by atoms with van der Waals surface area (Å²) in [4.78, 5) is 26.6. The first-order valence-corrected chi connectivity index (χ1v) is 5.26. The fourth-order valence-electron chi connectivity index (χ4n) is 1.15. The summed E-state index contributed by atoms with van der Waals surface area (Å²) in [5.41, 5.74) is 0.757. The first-order valence-electron chi connectivity index (χ1n) is 5.26. The molecule has 0 unspecified atom stereocenters. The van der Waals surface area contributed by atoms with Crippen molar-refractivity contribution in [2.75, 3.05) is 6.54 Å². The Labute approximate surface area is 99.9 Å².